The van der Waals surface area contributed by atoms with Crippen LogP contribution in [0.15, 0.2) is 188 Å². The molecular formula is C50H31N7. The van der Waals surface area contributed by atoms with E-state index in [1.165, 1.54) is 5.39 Å². The van der Waals surface area contributed by atoms with Gasteiger partial charge in [0, 0.05) is 55.6 Å². The van der Waals surface area contributed by atoms with Crippen molar-refractivity contribution in [1.82, 2.24) is 33.6 Å². The fourth-order valence-corrected chi connectivity index (χ4v) is 8.66. The molecule has 0 saturated heterocycles. The van der Waals surface area contributed by atoms with E-state index in [1.54, 1.807) is 0 Å². The second-order valence-corrected chi connectivity index (χ2v) is 14.3. The summed E-state index contributed by atoms with van der Waals surface area (Å²) in [6.07, 6.45) is 2.05. The van der Waals surface area contributed by atoms with Gasteiger partial charge < -0.3 is 9.13 Å². The highest BCUT2D eigenvalue weighted by molar-refractivity contribution is 6.22. The summed E-state index contributed by atoms with van der Waals surface area (Å²) >= 11 is 0. The Morgan fingerprint density at radius 2 is 0.825 bits per heavy atom. The molecule has 0 aliphatic heterocycles. The molecule has 5 aromatic heterocycles. The number of pyridine rings is 1. The molecule has 0 fully saturated rings. The van der Waals surface area contributed by atoms with Gasteiger partial charge in [-0.05, 0) is 48.5 Å². The van der Waals surface area contributed by atoms with E-state index >= 15 is 0 Å². The highest BCUT2D eigenvalue weighted by atomic mass is 15.2. The normalized spacial score (nSPS) is 11.9. The third kappa shape index (κ3) is 4.72. The molecule has 57 heavy (non-hydrogen) atoms. The van der Waals surface area contributed by atoms with E-state index in [0.29, 0.717) is 17.6 Å². The Hall–Kier alpha value is -7.90. The smallest absolute Gasteiger partial charge is 0.238 e. The summed E-state index contributed by atoms with van der Waals surface area (Å²) in [5.74, 6) is 1.81. The maximum atomic E-state index is 5.20. The van der Waals surface area contributed by atoms with Crippen LogP contribution in [0, 0.1) is 0 Å². The molecular weight excluding hydrogens is 699 g/mol. The Balaban J connectivity index is 1.16. The van der Waals surface area contributed by atoms with Gasteiger partial charge in [0.2, 0.25) is 5.95 Å². The minimum atomic E-state index is 0.566. The minimum absolute atomic E-state index is 0.566. The van der Waals surface area contributed by atoms with Crippen LogP contribution in [0.1, 0.15) is 0 Å². The van der Waals surface area contributed by atoms with Gasteiger partial charge >= 0.3 is 0 Å². The van der Waals surface area contributed by atoms with Gasteiger partial charge in [0.1, 0.15) is 0 Å². The van der Waals surface area contributed by atoms with Crippen LogP contribution in [0.3, 0.4) is 0 Å². The van der Waals surface area contributed by atoms with Gasteiger partial charge in [-0.15, -0.1) is 0 Å². The van der Waals surface area contributed by atoms with Crippen molar-refractivity contribution in [1.29, 1.82) is 0 Å². The molecule has 12 rings (SSSR count). The van der Waals surface area contributed by atoms with Crippen molar-refractivity contribution >= 4 is 65.5 Å². The molecule has 7 heteroatoms. The molecule has 0 aliphatic carbocycles. The molecule has 12 aromatic rings. The molecule has 0 N–H and O–H groups in total. The monoisotopic (exact) mass is 729 g/mol. The molecule has 0 atom stereocenters. The van der Waals surface area contributed by atoms with Crippen LogP contribution in [0.25, 0.3) is 106 Å². The molecule has 0 spiro atoms. The standard InChI is InChI=1S/C50H31N7/c1-4-16-32(17-5-1)48-52-49(33-18-6-2-7-19-33)54-50(53-48)57-42-26-14-10-22-36(42)39-30-35(28-29-44(39)57)56-43-27-15-12-24-38(43)45-47(56)46-40(31-51-45)37-23-11-13-25-41(37)55(46)34-20-8-3-9-21-34/h1-31H. The predicted octanol–water partition coefficient (Wildman–Crippen LogP) is 11.9. The van der Waals surface area contributed by atoms with Crippen LogP contribution >= 0.6 is 0 Å². The average Bonchev–Trinajstić information content (AvgIpc) is 3.93. The largest absolute Gasteiger partial charge is 0.307 e. The maximum absolute atomic E-state index is 5.20. The Bertz CT molecular complexity index is 3450. The summed E-state index contributed by atoms with van der Waals surface area (Å²) in [6.45, 7) is 0. The topological polar surface area (TPSA) is 66.3 Å². The summed E-state index contributed by atoms with van der Waals surface area (Å²) in [5, 5.41) is 5.60. The first-order valence-corrected chi connectivity index (χ1v) is 19.1. The van der Waals surface area contributed by atoms with E-state index in [-0.39, 0.29) is 0 Å². The van der Waals surface area contributed by atoms with Crippen LogP contribution in [0.4, 0.5) is 0 Å². The number of hydrogen-bond donors (Lipinski definition) is 0. The fraction of sp³-hybridized carbons (Fsp3) is 0. The van der Waals surface area contributed by atoms with Crippen molar-refractivity contribution in [2.75, 3.05) is 0 Å². The molecule has 7 aromatic carbocycles. The first-order valence-electron chi connectivity index (χ1n) is 19.1. The summed E-state index contributed by atoms with van der Waals surface area (Å²) < 4.78 is 6.96. The number of para-hydroxylation sites is 4. The second kappa shape index (κ2) is 12.3. The first kappa shape index (κ1) is 31.5. The molecule has 0 saturated carbocycles. The van der Waals surface area contributed by atoms with E-state index in [9.17, 15) is 0 Å². The lowest BCUT2D eigenvalue weighted by atomic mass is 10.1. The van der Waals surface area contributed by atoms with E-state index < -0.39 is 0 Å². The molecule has 5 heterocycles. The summed E-state index contributed by atoms with van der Waals surface area (Å²) in [7, 11) is 0. The van der Waals surface area contributed by atoms with Gasteiger partial charge in [-0.25, -0.2) is 4.98 Å². The Kier molecular flexibility index (Phi) is 6.79. The van der Waals surface area contributed by atoms with Crippen molar-refractivity contribution in [2.24, 2.45) is 0 Å². The predicted molar refractivity (Wildman–Crippen MR) is 232 cm³/mol. The van der Waals surface area contributed by atoms with Crippen molar-refractivity contribution < 1.29 is 0 Å². The lowest BCUT2D eigenvalue weighted by Crippen LogP contribution is -2.06. The van der Waals surface area contributed by atoms with Crippen LogP contribution in [-0.4, -0.2) is 33.6 Å². The highest BCUT2D eigenvalue weighted by Gasteiger charge is 2.23. The molecule has 0 aliphatic rings. The average molecular weight is 730 g/mol. The van der Waals surface area contributed by atoms with Crippen LogP contribution < -0.4 is 0 Å². The zero-order chi connectivity index (χ0) is 37.5. The van der Waals surface area contributed by atoms with E-state index in [4.69, 9.17) is 19.9 Å². The van der Waals surface area contributed by atoms with Crippen LogP contribution in [0.5, 0.6) is 0 Å². The number of benzene rings is 7. The second-order valence-electron chi connectivity index (χ2n) is 14.3. The summed E-state index contributed by atoms with van der Waals surface area (Å²) in [6, 6.07) is 63.4. The number of fused-ring (bicyclic) bond motifs is 10. The molecule has 266 valence electrons. The first-order chi connectivity index (χ1) is 28.3. The number of aromatic nitrogens is 7. The van der Waals surface area contributed by atoms with Crippen molar-refractivity contribution in [2.45, 2.75) is 0 Å². The quantitative estimate of drug-likeness (QED) is 0.177. The van der Waals surface area contributed by atoms with Gasteiger partial charge in [-0.2, -0.15) is 9.97 Å². The van der Waals surface area contributed by atoms with Gasteiger partial charge in [0.15, 0.2) is 11.6 Å². The van der Waals surface area contributed by atoms with Crippen LogP contribution in [0.2, 0.25) is 0 Å². The van der Waals surface area contributed by atoms with Gasteiger partial charge in [0.05, 0.1) is 38.6 Å². The van der Waals surface area contributed by atoms with E-state index in [1.807, 2.05) is 60.7 Å². The summed E-state index contributed by atoms with van der Waals surface area (Å²) in [4.78, 5) is 20.5. The molecule has 0 radical (unpaired) electrons. The van der Waals surface area contributed by atoms with Gasteiger partial charge in [-0.1, -0.05) is 133 Å². The zero-order valence-corrected chi connectivity index (χ0v) is 30.5. The van der Waals surface area contributed by atoms with Crippen molar-refractivity contribution in [3.05, 3.63) is 188 Å². The number of rotatable bonds is 5. The Morgan fingerprint density at radius 1 is 0.333 bits per heavy atom. The fourth-order valence-electron chi connectivity index (χ4n) is 8.66. The summed E-state index contributed by atoms with van der Waals surface area (Å²) in [5.41, 5.74) is 11.4. The third-order valence-corrected chi connectivity index (χ3v) is 11.1. The third-order valence-electron chi connectivity index (χ3n) is 11.1. The van der Waals surface area contributed by atoms with Crippen LogP contribution in [-0.2, 0) is 0 Å². The lowest BCUT2D eigenvalue weighted by molar-refractivity contribution is 0.953. The zero-order valence-electron chi connectivity index (χ0n) is 30.5. The maximum Gasteiger partial charge on any atom is 0.238 e. The van der Waals surface area contributed by atoms with Gasteiger partial charge in [-0.3, -0.25) is 9.55 Å². The lowest BCUT2D eigenvalue weighted by Gasteiger charge is -2.13. The number of hydrogen-bond acceptors (Lipinski definition) is 4. The molecule has 0 amide bonds. The van der Waals surface area contributed by atoms with Crippen molar-refractivity contribution in [3.8, 4) is 40.1 Å². The Morgan fingerprint density at radius 3 is 1.47 bits per heavy atom. The highest BCUT2D eigenvalue weighted by Crippen LogP contribution is 2.42. The molecule has 0 unspecified atom stereocenters. The Labute approximate surface area is 326 Å². The number of nitrogens with zero attached hydrogens (tertiary/aromatic N) is 7. The SMILES string of the molecule is c1ccc(-c2nc(-c3ccccc3)nc(-n3c4ccccc4c4cc(-n5c6ccccc6c6ncc7c8ccccc8n(-c8ccccc8)c7c65)ccc43)n2)cc1. The molecule has 7 nitrogen and oxygen atoms in total. The minimum Gasteiger partial charge on any atom is -0.307 e. The van der Waals surface area contributed by atoms with E-state index in [0.717, 1.165) is 82.7 Å². The van der Waals surface area contributed by atoms with Gasteiger partial charge in [0.25, 0.3) is 0 Å². The molecule has 0 bridgehead atoms. The van der Waals surface area contributed by atoms with Crippen molar-refractivity contribution in [3.63, 3.8) is 0 Å². The van der Waals surface area contributed by atoms with E-state index in [2.05, 4.69) is 141 Å².